The monoisotopic (exact) mass is 387 g/mol. The smallest absolute Gasteiger partial charge is 0.334 e. The molecule has 1 unspecified atom stereocenters. The van der Waals surface area contributed by atoms with Gasteiger partial charge in [-0.3, -0.25) is 4.90 Å². The third kappa shape index (κ3) is 4.42. The SMILES string of the molecule is C#Cc1cc(CN2CCCC2)cc(C(CC)(Nc2ccc(C#N)cc2)C(=O)O)c1. The molecular formula is C24H25N3O2. The van der Waals surface area contributed by atoms with Crippen LogP contribution in [0, 0.1) is 23.7 Å². The molecule has 0 bridgehead atoms. The Morgan fingerprint density at radius 3 is 2.45 bits per heavy atom. The molecule has 2 N–H and O–H groups in total. The number of nitrogens with zero attached hydrogens (tertiary/aromatic N) is 2. The van der Waals surface area contributed by atoms with Gasteiger partial charge in [0, 0.05) is 17.8 Å². The number of hydrogen-bond donors (Lipinski definition) is 2. The quantitative estimate of drug-likeness (QED) is 0.704. The molecule has 148 valence electrons. The molecule has 5 heteroatoms. The van der Waals surface area contributed by atoms with Gasteiger partial charge in [0.15, 0.2) is 5.54 Å². The van der Waals surface area contributed by atoms with E-state index in [1.807, 2.05) is 19.1 Å². The van der Waals surface area contributed by atoms with Crippen LogP contribution in [-0.2, 0) is 16.9 Å². The molecule has 0 amide bonds. The Morgan fingerprint density at radius 1 is 1.21 bits per heavy atom. The summed E-state index contributed by atoms with van der Waals surface area (Å²) >= 11 is 0. The average Bonchev–Trinajstić information content (AvgIpc) is 3.25. The fourth-order valence-corrected chi connectivity index (χ4v) is 3.88. The van der Waals surface area contributed by atoms with Gasteiger partial charge in [-0.2, -0.15) is 5.26 Å². The molecule has 0 spiro atoms. The first-order valence-electron chi connectivity index (χ1n) is 9.86. The van der Waals surface area contributed by atoms with Gasteiger partial charge < -0.3 is 10.4 Å². The molecule has 1 aliphatic rings. The lowest BCUT2D eigenvalue weighted by molar-refractivity contribution is -0.142. The topological polar surface area (TPSA) is 76.4 Å². The zero-order valence-corrected chi connectivity index (χ0v) is 16.6. The van der Waals surface area contributed by atoms with Gasteiger partial charge in [0.05, 0.1) is 11.6 Å². The highest BCUT2D eigenvalue weighted by molar-refractivity contribution is 5.85. The lowest BCUT2D eigenvalue weighted by Gasteiger charge is -2.32. The molecule has 1 heterocycles. The Labute approximate surface area is 172 Å². The summed E-state index contributed by atoms with van der Waals surface area (Å²) in [5.41, 5.74) is 2.19. The van der Waals surface area contributed by atoms with E-state index in [0.29, 0.717) is 28.8 Å². The van der Waals surface area contributed by atoms with Crippen molar-refractivity contribution in [3.8, 4) is 18.4 Å². The second kappa shape index (κ2) is 8.82. The molecule has 0 saturated carbocycles. The van der Waals surface area contributed by atoms with Crippen LogP contribution in [0.5, 0.6) is 0 Å². The standard InChI is InChI=1S/C24H25N3O2/c1-3-18-13-20(17-27-11-5-6-12-27)15-21(14-18)24(4-2,23(28)29)26-22-9-7-19(16-25)8-10-22/h1,7-10,13-15,26H,4-6,11-12,17H2,2H3,(H,28,29). The van der Waals surface area contributed by atoms with E-state index >= 15 is 0 Å². The predicted molar refractivity (Wildman–Crippen MR) is 113 cm³/mol. The van der Waals surface area contributed by atoms with Crippen LogP contribution in [0.15, 0.2) is 42.5 Å². The fourth-order valence-electron chi connectivity index (χ4n) is 3.88. The van der Waals surface area contributed by atoms with Crippen LogP contribution in [0.2, 0.25) is 0 Å². The first-order chi connectivity index (χ1) is 14.0. The number of likely N-dealkylation sites (tertiary alicyclic amines) is 1. The summed E-state index contributed by atoms with van der Waals surface area (Å²) in [5, 5.41) is 22.4. The van der Waals surface area contributed by atoms with Crippen molar-refractivity contribution in [2.24, 2.45) is 0 Å². The molecule has 1 atom stereocenters. The van der Waals surface area contributed by atoms with E-state index in [2.05, 4.69) is 22.2 Å². The summed E-state index contributed by atoms with van der Waals surface area (Å²) in [5.74, 6) is 1.70. The second-order valence-corrected chi connectivity index (χ2v) is 7.42. The van der Waals surface area contributed by atoms with Gasteiger partial charge in [-0.15, -0.1) is 6.42 Å². The van der Waals surface area contributed by atoms with Crippen molar-refractivity contribution in [3.63, 3.8) is 0 Å². The largest absolute Gasteiger partial charge is 0.479 e. The third-order valence-electron chi connectivity index (χ3n) is 5.52. The number of aliphatic carboxylic acids is 1. The van der Waals surface area contributed by atoms with E-state index in [0.717, 1.165) is 25.2 Å². The van der Waals surface area contributed by atoms with Crippen LogP contribution < -0.4 is 5.32 Å². The highest BCUT2D eigenvalue weighted by atomic mass is 16.4. The molecule has 0 aliphatic carbocycles. The number of anilines is 1. The minimum Gasteiger partial charge on any atom is -0.479 e. The van der Waals surface area contributed by atoms with Gasteiger partial charge in [-0.25, -0.2) is 4.79 Å². The van der Waals surface area contributed by atoms with Crippen LogP contribution in [0.25, 0.3) is 0 Å². The molecule has 5 nitrogen and oxygen atoms in total. The van der Waals surface area contributed by atoms with Gasteiger partial charge in [0.1, 0.15) is 0 Å². The average molecular weight is 387 g/mol. The summed E-state index contributed by atoms with van der Waals surface area (Å²) in [6.45, 7) is 4.71. The Balaban J connectivity index is 2.01. The van der Waals surface area contributed by atoms with E-state index in [9.17, 15) is 9.90 Å². The number of carbonyl (C=O) groups is 1. The van der Waals surface area contributed by atoms with Gasteiger partial charge in [-0.1, -0.05) is 18.9 Å². The van der Waals surface area contributed by atoms with Crippen molar-refractivity contribution in [3.05, 3.63) is 64.7 Å². The maximum atomic E-state index is 12.5. The van der Waals surface area contributed by atoms with Crippen LogP contribution in [0.1, 0.15) is 48.4 Å². The van der Waals surface area contributed by atoms with Crippen LogP contribution in [-0.4, -0.2) is 29.1 Å². The van der Waals surface area contributed by atoms with Crippen molar-refractivity contribution in [1.82, 2.24) is 4.90 Å². The van der Waals surface area contributed by atoms with Crippen molar-refractivity contribution < 1.29 is 9.90 Å². The summed E-state index contributed by atoms with van der Waals surface area (Å²) in [4.78, 5) is 14.8. The minimum absolute atomic E-state index is 0.333. The fraction of sp³-hybridized carbons (Fsp3) is 0.333. The van der Waals surface area contributed by atoms with Crippen molar-refractivity contribution >= 4 is 11.7 Å². The summed E-state index contributed by atoms with van der Waals surface area (Å²) < 4.78 is 0. The normalized spacial score (nSPS) is 15.8. The maximum Gasteiger partial charge on any atom is 0.334 e. The van der Waals surface area contributed by atoms with Crippen molar-refractivity contribution in [2.75, 3.05) is 18.4 Å². The van der Waals surface area contributed by atoms with Crippen LogP contribution in [0.3, 0.4) is 0 Å². The highest BCUT2D eigenvalue weighted by Gasteiger charge is 2.39. The molecule has 29 heavy (non-hydrogen) atoms. The Morgan fingerprint density at radius 2 is 1.90 bits per heavy atom. The summed E-state index contributed by atoms with van der Waals surface area (Å²) in [6.07, 6.45) is 8.39. The van der Waals surface area contributed by atoms with Crippen molar-refractivity contribution in [1.29, 1.82) is 5.26 Å². The molecule has 2 aromatic carbocycles. The lowest BCUT2D eigenvalue weighted by atomic mass is 9.84. The molecular weight excluding hydrogens is 362 g/mol. The van der Waals surface area contributed by atoms with Gasteiger partial charge in [0.25, 0.3) is 0 Å². The minimum atomic E-state index is -1.32. The number of hydrogen-bond acceptors (Lipinski definition) is 4. The Bertz CT molecular complexity index is 963. The number of benzene rings is 2. The number of carboxylic acid groups (broad SMARTS) is 1. The second-order valence-electron chi connectivity index (χ2n) is 7.42. The van der Waals surface area contributed by atoms with E-state index < -0.39 is 11.5 Å². The predicted octanol–water partition coefficient (Wildman–Crippen LogP) is 3.94. The number of terminal acetylenes is 1. The Kier molecular flexibility index (Phi) is 6.22. The lowest BCUT2D eigenvalue weighted by Crippen LogP contribution is -2.43. The van der Waals surface area contributed by atoms with Crippen LogP contribution in [0.4, 0.5) is 5.69 Å². The van der Waals surface area contributed by atoms with Gasteiger partial charge in [0.2, 0.25) is 0 Å². The number of carboxylic acids is 1. The zero-order valence-electron chi connectivity index (χ0n) is 16.6. The number of nitriles is 1. The van der Waals surface area contributed by atoms with E-state index in [-0.39, 0.29) is 0 Å². The molecule has 0 aromatic heterocycles. The summed E-state index contributed by atoms with van der Waals surface area (Å²) in [6, 6.07) is 14.6. The van der Waals surface area contributed by atoms with Crippen LogP contribution >= 0.6 is 0 Å². The molecule has 1 fully saturated rings. The molecule has 1 aliphatic heterocycles. The molecule has 2 aromatic rings. The molecule has 3 rings (SSSR count). The highest BCUT2D eigenvalue weighted by Crippen LogP contribution is 2.32. The molecule has 1 saturated heterocycles. The van der Waals surface area contributed by atoms with Crippen molar-refractivity contribution in [2.45, 2.75) is 38.3 Å². The van der Waals surface area contributed by atoms with E-state index in [1.165, 1.54) is 12.8 Å². The Hall–Kier alpha value is -3.28. The van der Waals surface area contributed by atoms with E-state index in [1.54, 1.807) is 30.3 Å². The molecule has 0 radical (unpaired) electrons. The first kappa shape index (κ1) is 20.5. The van der Waals surface area contributed by atoms with Gasteiger partial charge in [-0.05, 0) is 79.9 Å². The van der Waals surface area contributed by atoms with Gasteiger partial charge >= 0.3 is 5.97 Å². The number of nitrogens with one attached hydrogen (secondary N) is 1. The zero-order chi connectivity index (χ0) is 20.9. The third-order valence-corrected chi connectivity index (χ3v) is 5.52. The number of rotatable bonds is 7. The maximum absolute atomic E-state index is 12.5. The first-order valence-corrected chi connectivity index (χ1v) is 9.86. The van der Waals surface area contributed by atoms with E-state index in [4.69, 9.17) is 11.7 Å². The summed E-state index contributed by atoms with van der Waals surface area (Å²) in [7, 11) is 0.